The van der Waals surface area contributed by atoms with Gasteiger partial charge in [0.15, 0.2) is 0 Å². The molecule has 0 fully saturated rings. The zero-order chi connectivity index (χ0) is 13.8. The van der Waals surface area contributed by atoms with E-state index in [1.54, 1.807) is 0 Å². The van der Waals surface area contributed by atoms with Gasteiger partial charge >= 0.3 is 0 Å². The van der Waals surface area contributed by atoms with E-state index in [4.69, 9.17) is 0 Å². The van der Waals surface area contributed by atoms with E-state index < -0.39 is 0 Å². The van der Waals surface area contributed by atoms with E-state index in [-0.39, 0.29) is 6.04 Å². The highest BCUT2D eigenvalue weighted by molar-refractivity contribution is 5.54. The molecule has 1 unspecified atom stereocenters. The highest BCUT2D eigenvalue weighted by Gasteiger charge is 2.15. The van der Waals surface area contributed by atoms with Crippen molar-refractivity contribution in [3.05, 3.63) is 64.7 Å². The number of rotatable bonds is 3. The Morgan fingerprint density at radius 2 is 1.47 bits per heavy atom. The molecule has 0 spiro atoms. The van der Waals surface area contributed by atoms with Crippen LogP contribution in [-0.2, 0) is 0 Å². The van der Waals surface area contributed by atoms with Crippen molar-refractivity contribution in [2.24, 2.45) is 0 Å². The van der Waals surface area contributed by atoms with Crippen molar-refractivity contribution in [2.45, 2.75) is 26.8 Å². The van der Waals surface area contributed by atoms with Crippen molar-refractivity contribution >= 4 is 5.69 Å². The van der Waals surface area contributed by atoms with Crippen LogP contribution >= 0.6 is 0 Å². The van der Waals surface area contributed by atoms with Crippen LogP contribution in [0.4, 0.5) is 5.69 Å². The summed E-state index contributed by atoms with van der Waals surface area (Å²) in [7, 11) is 0. The van der Waals surface area contributed by atoms with Gasteiger partial charge in [-0.3, -0.25) is 0 Å². The normalized spacial score (nSPS) is 11.7. The fourth-order valence-electron chi connectivity index (χ4n) is 2.34. The second-order valence-corrected chi connectivity index (χ2v) is 4.83. The zero-order valence-corrected chi connectivity index (χ0v) is 11.6. The first-order valence-electron chi connectivity index (χ1n) is 6.41. The van der Waals surface area contributed by atoms with E-state index in [1.807, 2.05) is 63.2 Å². The third kappa shape index (κ3) is 2.77. The van der Waals surface area contributed by atoms with Crippen LogP contribution in [0.3, 0.4) is 0 Å². The van der Waals surface area contributed by atoms with Gasteiger partial charge < -0.3 is 5.32 Å². The van der Waals surface area contributed by atoms with Crippen molar-refractivity contribution in [3.8, 4) is 6.07 Å². The Morgan fingerprint density at radius 1 is 0.895 bits per heavy atom. The predicted octanol–water partition coefficient (Wildman–Crippen LogP) is 4.29. The summed E-state index contributed by atoms with van der Waals surface area (Å²) in [6.45, 7) is 6.14. The summed E-state index contributed by atoms with van der Waals surface area (Å²) < 4.78 is 0. The molecule has 96 valence electrons. The molecule has 2 aromatic carbocycles. The third-order valence-corrected chi connectivity index (χ3v) is 3.40. The van der Waals surface area contributed by atoms with Crippen molar-refractivity contribution in [3.63, 3.8) is 0 Å². The topological polar surface area (TPSA) is 35.8 Å². The summed E-state index contributed by atoms with van der Waals surface area (Å²) in [4.78, 5) is 0. The number of aryl methyl sites for hydroxylation is 3. The molecule has 0 aliphatic rings. The van der Waals surface area contributed by atoms with Crippen molar-refractivity contribution in [2.75, 3.05) is 5.32 Å². The van der Waals surface area contributed by atoms with Gasteiger partial charge in [-0.15, -0.1) is 0 Å². The Hall–Kier alpha value is -2.27. The van der Waals surface area contributed by atoms with E-state index in [0.29, 0.717) is 0 Å². The van der Waals surface area contributed by atoms with Crippen LogP contribution in [0, 0.1) is 32.1 Å². The lowest BCUT2D eigenvalue weighted by molar-refractivity contribution is 0.962. The molecule has 0 aliphatic heterocycles. The minimum absolute atomic E-state index is 0.317. The van der Waals surface area contributed by atoms with Crippen molar-refractivity contribution in [1.82, 2.24) is 0 Å². The number of nitrogens with one attached hydrogen (secondary N) is 1. The molecule has 0 radical (unpaired) electrons. The number of nitrogens with zero attached hydrogens (tertiary/aromatic N) is 1. The van der Waals surface area contributed by atoms with Crippen molar-refractivity contribution < 1.29 is 0 Å². The monoisotopic (exact) mass is 250 g/mol. The molecule has 0 heterocycles. The number of benzene rings is 2. The van der Waals surface area contributed by atoms with Gasteiger partial charge in [-0.1, -0.05) is 36.4 Å². The Labute approximate surface area is 114 Å². The summed E-state index contributed by atoms with van der Waals surface area (Å²) >= 11 is 0. The Balaban J connectivity index is 2.37. The predicted molar refractivity (Wildman–Crippen MR) is 79.1 cm³/mol. The van der Waals surface area contributed by atoms with E-state index in [0.717, 1.165) is 27.9 Å². The smallest absolute Gasteiger partial charge is 0.140 e. The Morgan fingerprint density at radius 3 is 2.05 bits per heavy atom. The number of para-hydroxylation sites is 1. The SMILES string of the molecule is Cc1ccccc1NC(C#N)c1c(C)cccc1C. The van der Waals surface area contributed by atoms with Gasteiger partial charge in [-0.25, -0.2) is 0 Å². The molecule has 0 bridgehead atoms. The van der Waals surface area contributed by atoms with Crippen LogP contribution in [0.1, 0.15) is 28.3 Å². The van der Waals surface area contributed by atoms with E-state index >= 15 is 0 Å². The number of anilines is 1. The largest absolute Gasteiger partial charge is 0.366 e. The molecule has 0 saturated carbocycles. The number of hydrogen-bond acceptors (Lipinski definition) is 2. The highest BCUT2D eigenvalue weighted by Crippen LogP contribution is 2.26. The molecule has 0 aliphatic carbocycles. The molecule has 0 aromatic heterocycles. The highest BCUT2D eigenvalue weighted by atomic mass is 14.9. The molecule has 2 nitrogen and oxygen atoms in total. The molecule has 1 atom stereocenters. The van der Waals surface area contributed by atoms with Crippen LogP contribution < -0.4 is 5.32 Å². The standard InChI is InChI=1S/C17H18N2/c1-12-7-4-5-10-15(12)19-16(11-18)17-13(2)8-6-9-14(17)3/h4-10,16,19H,1-3H3. The summed E-state index contributed by atoms with van der Waals surface area (Å²) in [5, 5.41) is 12.8. The number of nitriles is 1. The van der Waals surface area contributed by atoms with Gasteiger partial charge in [-0.2, -0.15) is 5.26 Å². The molecule has 2 rings (SSSR count). The summed E-state index contributed by atoms with van der Waals surface area (Å²) in [5.74, 6) is 0. The first-order valence-corrected chi connectivity index (χ1v) is 6.41. The Kier molecular flexibility index (Phi) is 3.87. The molecule has 19 heavy (non-hydrogen) atoms. The average Bonchev–Trinajstić information content (AvgIpc) is 2.39. The zero-order valence-electron chi connectivity index (χ0n) is 11.6. The van der Waals surface area contributed by atoms with Crippen LogP contribution in [0.15, 0.2) is 42.5 Å². The second kappa shape index (κ2) is 5.58. The van der Waals surface area contributed by atoms with Crippen molar-refractivity contribution in [1.29, 1.82) is 5.26 Å². The lowest BCUT2D eigenvalue weighted by atomic mass is 9.96. The molecule has 1 N–H and O–H groups in total. The molecule has 2 heteroatoms. The van der Waals surface area contributed by atoms with Crippen LogP contribution in [0.25, 0.3) is 0 Å². The van der Waals surface area contributed by atoms with E-state index in [1.165, 1.54) is 0 Å². The minimum atomic E-state index is -0.317. The van der Waals surface area contributed by atoms with Crippen LogP contribution in [-0.4, -0.2) is 0 Å². The van der Waals surface area contributed by atoms with Crippen LogP contribution in [0.2, 0.25) is 0 Å². The van der Waals surface area contributed by atoms with Gasteiger partial charge in [-0.05, 0) is 49.1 Å². The van der Waals surface area contributed by atoms with Gasteiger partial charge in [0.1, 0.15) is 6.04 Å². The van der Waals surface area contributed by atoms with Gasteiger partial charge in [0.25, 0.3) is 0 Å². The van der Waals surface area contributed by atoms with Crippen LogP contribution in [0.5, 0.6) is 0 Å². The molecule has 0 amide bonds. The quantitative estimate of drug-likeness (QED) is 0.882. The summed E-state index contributed by atoms with van der Waals surface area (Å²) in [6.07, 6.45) is 0. The molecule has 0 saturated heterocycles. The first kappa shape index (κ1) is 13.2. The Bertz CT molecular complexity index is 603. The van der Waals surface area contributed by atoms with Gasteiger partial charge in [0.05, 0.1) is 6.07 Å². The second-order valence-electron chi connectivity index (χ2n) is 4.83. The number of hydrogen-bond donors (Lipinski definition) is 1. The molecular weight excluding hydrogens is 232 g/mol. The summed E-state index contributed by atoms with van der Waals surface area (Å²) in [6, 6.07) is 16.2. The van der Waals surface area contributed by atoms with Gasteiger partial charge in [0, 0.05) is 5.69 Å². The van der Waals surface area contributed by atoms with E-state index in [9.17, 15) is 5.26 Å². The maximum atomic E-state index is 9.47. The summed E-state index contributed by atoms with van der Waals surface area (Å²) in [5.41, 5.74) is 5.53. The van der Waals surface area contributed by atoms with Gasteiger partial charge in [0.2, 0.25) is 0 Å². The maximum absolute atomic E-state index is 9.47. The van der Waals surface area contributed by atoms with E-state index in [2.05, 4.69) is 11.4 Å². The minimum Gasteiger partial charge on any atom is -0.366 e. The average molecular weight is 250 g/mol. The first-order chi connectivity index (χ1) is 9.13. The third-order valence-electron chi connectivity index (χ3n) is 3.40. The molecular formula is C17H18N2. The molecule has 2 aromatic rings. The maximum Gasteiger partial charge on any atom is 0.140 e. The fraction of sp³-hybridized carbons (Fsp3) is 0.235. The fourth-order valence-corrected chi connectivity index (χ4v) is 2.34. The lowest BCUT2D eigenvalue weighted by Crippen LogP contribution is -2.12. The lowest BCUT2D eigenvalue weighted by Gasteiger charge is -2.19.